The fourth-order valence-electron chi connectivity index (χ4n) is 1.36. The fraction of sp³-hybridized carbons (Fsp3) is 0. The van der Waals surface area contributed by atoms with Crippen LogP contribution < -0.4 is 11.4 Å². The van der Waals surface area contributed by atoms with Crippen LogP contribution >= 0.6 is 15.9 Å². The minimum absolute atomic E-state index is 0.110. The summed E-state index contributed by atoms with van der Waals surface area (Å²) in [6.45, 7) is 0. The third-order valence-electron chi connectivity index (χ3n) is 2.06. The van der Waals surface area contributed by atoms with Gasteiger partial charge >= 0.3 is 5.69 Å². The van der Waals surface area contributed by atoms with Crippen molar-refractivity contribution in [3.63, 3.8) is 0 Å². The van der Waals surface area contributed by atoms with Crippen molar-refractivity contribution in [1.82, 2.24) is 34.6 Å². The number of hydrogen-bond acceptors (Lipinski definition) is 6. The minimum Gasteiger partial charge on any atom is -0.366 e. The lowest BCUT2D eigenvalue weighted by atomic mass is 10.5. The zero-order valence-electron chi connectivity index (χ0n) is 8.20. The van der Waals surface area contributed by atoms with Gasteiger partial charge in [-0.15, -0.1) is 10.2 Å². The molecule has 0 unspecified atom stereocenters. The molecule has 86 valence electrons. The van der Waals surface area contributed by atoms with Gasteiger partial charge in [-0.25, -0.2) is 9.89 Å². The van der Waals surface area contributed by atoms with Crippen LogP contribution in [0.3, 0.4) is 0 Å². The lowest BCUT2D eigenvalue weighted by molar-refractivity contribution is 0.767. The molecule has 0 aliphatic carbocycles. The van der Waals surface area contributed by atoms with Gasteiger partial charge in [-0.1, -0.05) is 0 Å². The molecule has 0 fully saturated rings. The van der Waals surface area contributed by atoms with Gasteiger partial charge in [-0.2, -0.15) is 19.3 Å². The molecular weight excluding hydrogens is 292 g/mol. The molecule has 0 aromatic carbocycles. The van der Waals surface area contributed by atoms with Crippen LogP contribution in [0.1, 0.15) is 0 Å². The Morgan fingerprint density at radius 2 is 2.18 bits per heavy atom. The molecule has 0 amide bonds. The highest BCUT2D eigenvalue weighted by Gasteiger charge is 2.10. The van der Waals surface area contributed by atoms with Gasteiger partial charge in [-0.05, 0) is 28.1 Å². The standard InChI is InChI=1S/C7H5BrN8O/c8-5-10-6(9)14-15(5)4-2-1-3-11-12-7(17)16(3)13-4/h1-2H,(H2,9,14)(H,12,17). The molecule has 0 radical (unpaired) electrons. The first-order valence-electron chi connectivity index (χ1n) is 4.48. The van der Waals surface area contributed by atoms with Crippen LogP contribution in [0.2, 0.25) is 0 Å². The normalized spacial score (nSPS) is 11.1. The summed E-state index contributed by atoms with van der Waals surface area (Å²) < 4.78 is 2.90. The van der Waals surface area contributed by atoms with Crippen LogP contribution in [0, 0.1) is 0 Å². The predicted molar refractivity (Wildman–Crippen MR) is 60.6 cm³/mol. The van der Waals surface area contributed by atoms with Crippen LogP contribution in [0.25, 0.3) is 11.5 Å². The van der Waals surface area contributed by atoms with Crippen molar-refractivity contribution < 1.29 is 0 Å². The molecule has 3 heterocycles. The third kappa shape index (κ3) is 1.49. The maximum atomic E-state index is 11.4. The number of aromatic nitrogens is 7. The quantitative estimate of drug-likeness (QED) is 0.615. The van der Waals surface area contributed by atoms with Gasteiger partial charge in [0, 0.05) is 0 Å². The number of nitrogens with one attached hydrogen (secondary N) is 1. The predicted octanol–water partition coefficient (Wildman–Crippen LogP) is -0.657. The molecule has 3 N–H and O–H groups in total. The average molecular weight is 297 g/mol. The van der Waals surface area contributed by atoms with E-state index in [1.807, 2.05) is 0 Å². The van der Waals surface area contributed by atoms with Gasteiger partial charge in [0.25, 0.3) is 0 Å². The van der Waals surface area contributed by atoms with E-state index in [2.05, 4.69) is 41.3 Å². The van der Waals surface area contributed by atoms with E-state index in [9.17, 15) is 4.79 Å². The number of H-pyrrole nitrogens is 1. The van der Waals surface area contributed by atoms with Crippen molar-refractivity contribution in [2.75, 3.05) is 5.73 Å². The molecule has 3 rings (SSSR count). The Labute approximate surface area is 101 Å². The Balaban J connectivity index is 2.27. The number of anilines is 1. The molecule has 17 heavy (non-hydrogen) atoms. The summed E-state index contributed by atoms with van der Waals surface area (Å²) in [4.78, 5) is 15.2. The molecule has 0 bridgehead atoms. The second-order valence-corrected chi connectivity index (χ2v) is 3.85. The van der Waals surface area contributed by atoms with Crippen LogP contribution in [-0.4, -0.2) is 34.6 Å². The molecular formula is C7H5BrN8O. The van der Waals surface area contributed by atoms with Crippen LogP contribution in [0.4, 0.5) is 5.95 Å². The molecule has 0 aliphatic rings. The maximum Gasteiger partial charge on any atom is 0.364 e. The minimum atomic E-state index is -0.425. The second-order valence-electron chi connectivity index (χ2n) is 3.14. The van der Waals surface area contributed by atoms with Gasteiger partial charge in [-0.3, -0.25) is 0 Å². The third-order valence-corrected chi connectivity index (χ3v) is 2.57. The lowest BCUT2D eigenvalue weighted by Gasteiger charge is -1.99. The summed E-state index contributed by atoms with van der Waals surface area (Å²) in [6.07, 6.45) is 0. The lowest BCUT2D eigenvalue weighted by Crippen LogP contribution is -2.14. The van der Waals surface area contributed by atoms with Gasteiger partial charge in [0.2, 0.25) is 10.7 Å². The maximum absolute atomic E-state index is 11.4. The van der Waals surface area contributed by atoms with Crippen LogP contribution in [0.15, 0.2) is 21.7 Å². The highest BCUT2D eigenvalue weighted by molar-refractivity contribution is 9.10. The summed E-state index contributed by atoms with van der Waals surface area (Å²) in [7, 11) is 0. The topological polar surface area (TPSA) is 120 Å². The van der Waals surface area contributed by atoms with Crippen molar-refractivity contribution >= 4 is 27.5 Å². The number of nitrogens with two attached hydrogens (primary N) is 1. The first-order chi connectivity index (χ1) is 8.15. The van der Waals surface area contributed by atoms with E-state index >= 15 is 0 Å². The van der Waals surface area contributed by atoms with Crippen molar-refractivity contribution in [1.29, 1.82) is 0 Å². The average Bonchev–Trinajstić information content (AvgIpc) is 2.83. The van der Waals surface area contributed by atoms with Gasteiger partial charge in [0.15, 0.2) is 11.5 Å². The molecule has 3 aromatic heterocycles. The van der Waals surface area contributed by atoms with Crippen molar-refractivity contribution in [2.24, 2.45) is 0 Å². The van der Waals surface area contributed by atoms with E-state index in [1.165, 1.54) is 4.68 Å². The first-order valence-corrected chi connectivity index (χ1v) is 5.27. The van der Waals surface area contributed by atoms with E-state index in [0.717, 1.165) is 4.52 Å². The van der Waals surface area contributed by atoms with Crippen molar-refractivity contribution in [2.45, 2.75) is 0 Å². The summed E-state index contributed by atoms with van der Waals surface area (Å²) in [6, 6.07) is 3.28. The summed E-state index contributed by atoms with van der Waals surface area (Å²) >= 11 is 3.19. The fourth-order valence-corrected chi connectivity index (χ4v) is 1.80. The summed E-state index contributed by atoms with van der Waals surface area (Å²) in [5, 5.41) is 14.0. The van der Waals surface area contributed by atoms with E-state index < -0.39 is 5.69 Å². The smallest absolute Gasteiger partial charge is 0.364 e. The summed E-state index contributed by atoms with van der Waals surface area (Å²) in [5.41, 5.74) is 5.45. The number of fused-ring (bicyclic) bond motifs is 1. The van der Waals surface area contributed by atoms with Crippen molar-refractivity contribution in [3.8, 4) is 5.82 Å². The van der Waals surface area contributed by atoms with E-state index in [1.54, 1.807) is 12.1 Å². The van der Waals surface area contributed by atoms with Crippen LogP contribution in [0.5, 0.6) is 0 Å². The molecule has 0 saturated carbocycles. The zero-order valence-corrected chi connectivity index (χ0v) is 9.79. The molecule has 0 saturated heterocycles. The molecule has 3 aromatic rings. The monoisotopic (exact) mass is 296 g/mol. The van der Waals surface area contributed by atoms with Crippen LogP contribution in [-0.2, 0) is 0 Å². The van der Waals surface area contributed by atoms with E-state index in [-0.39, 0.29) is 5.95 Å². The van der Waals surface area contributed by atoms with Gasteiger partial charge in [0.1, 0.15) is 0 Å². The molecule has 0 aliphatic heterocycles. The molecule has 9 nitrogen and oxygen atoms in total. The highest BCUT2D eigenvalue weighted by Crippen LogP contribution is 2.13. The number of rotatable bonds is 1. The Morgan fingerprint density at radius 3 is 2.88 bits per heavy atom. The van der Waals surface area contributed by atoms with Gasteiger partial charge in [0.05, 0.1) is 0 Å². The summed E-state index contributed by atoms with van der Waals surface area (Å²) in [5.74, 6) is 0.510. The number of nitrogens with zero attached hydrogens (tertiary/aromatic N) is 6. The van der Waals surface area contributed by atoms with E-state index in [0.29, 0.717) is 16.2 Å². The SMILES string of the molecule is Nc1nc(Br)n(-c2ccc3n[nH]c(=O)n3n2)n1. The number of hydrogen-bond donors (Lipinski definition) is 2. The molecule has 0 spiro atoms. The van der Waals surface area contributed by atoms with E-state index in [4.69, 9.17) is 5.73 Å². The van der Waals surface area contributed by atoms with Gasteiger partial charge < -0.3 is 5.73 Å². The van der Waals surface area contributed by atoms with Crippen molar-refractivity contribution in [3.05, 3.63) is 27.4 Å². The first kappa shape index (κ1) is 9.96. The highest BCUT2D eigenvalue weighted by atomic mass is 79.9. The molecule has 0 atom stereocenters. The zero-order chi connectivity index (χ0) is 12.0. The largest absolute Gasteiger partial charge is 0.366 e. The Morgan fingerprint density at radius 1 is 1.35 bits per heavy atom. The molecule has 10 heteroatoms. The Kier molecular flexibility index (Phi) is 1.98. The second kappa shape index (κ2) is 3.38. The Hall–Kier alpha value is -2.23. The number of nitrogen functional groups attached to an aromatic ring is 1. The Bertz CT molecular complexity index is 755. The number of aromatic amines is 1. The number of halogens is 1.